The van der Waals surface area contributed by atoms with Crippen LogP contribution in [0.25, 0.3) is 0 Å². The molecule has 0 heterocycles. The second-order valence-electron chi connectivity index (χ2n) is 5.36. The van der Waals surface area contributed by atoms with E-state index in [-0.39, 0.29) is 6.04 Å². The van der Waals surface area contributed by atoms with Crippen LogP contribution in [-0.4, -0.2) is 24.5 Å². The number of hydrogen-bond donors (Lipinski definition) is 1. The average Bonchev–Trinajstić information content (AvgIpc) is 3.19. The molecule has 1 aliphatic rings. The van der Waals surface area contributed by atoms with Crippen LogP contribution in [0.3, 0.4) is 0 Å². The quantitative estimate of drug-likeness (QED) is 0.801. The number of hydrogen-bond acceptors (Lipinski definition) is 2. The number of rotatable bonds is 7. The van der Waals surface area contributed by atoms with E-state index in [1.807, 2.05) is 12.1 Å². The van der Waals surface area contributed by atoms with Crippen LogP contribution in [0.1, 0.15) is 37.8 Å². The van der Waals surface area contributed by atoms with Crippen molar-refractivity contribution < 1.29 is 0 Å². The highest BCUT2D eigenvalue weighted by atomic mass is 79.9. The molecule has 0 spiro atoms. The molecule has 1 atom stereocenters. The number of nitrogens with zero attached hydrogens (tertiary/aromatic N) is 1. The van der Waals surface area contributed by atoms with E-state index < -0.39 is 0 Å². The normalized spacial score (nSPS) is 16.9. The SMILES string of the molecule is CCCN(CC1CC1)C(CN)c1ccc(Br)c(Cl)c1. The van der Waals surface area contributed by atoms with Crippen molar-refractivity contribution in [2.24, 2.45) is 11.7 Å². The molecule has 0 radical (unpaired) electrons. The van der Waals surface area contributed by atoms with Crippen molar-refractivity contribution in [1.82, 2.24) is 4.90 Å². The molecule has 4 heteroatoms. The Labute approximate surface area is 129 Å². The average molecular weight is 346 g/mol. The van der Waals surface area contributed by atoms with Crippen molar-refractivity contribution in [3.05, 3.63) is 33.3 Å². The summed E-state index contributed by atoms with van der Waals surface area (Å²) in [6, 6.07) is 6.47. The van der Waals surface area contributed by atoms with E-state index >= 15 is 0 Å². The lowest BCUT2D eigenvalue weighted by Gasteiger charge is -2.31. The summed E-state index contributed by atoms with van der Waals surface area (Å²) in [5.74, 6) is 0.881. The summed E-state index contributed by atoms with van der Waals surface area (Å²) in [6.07, 6.45) is 3.91. The fraction of sp³-hybridized carbons (Fsp3) is 0.600. The molecule has 0 amide bonds. The largest absolute Gasteiger partial charge is 0.329 e. The number of benzene rings is 1. The minimum atomic E-state index is 0.283. The molecular formula is C15H22BrClN2. The zero-order chi connectivity index (χ0) is 13.8. The Morgan fingerprint density at radius 1 is 1.47 bits per heavy atom. The lowest BCUT2D eigenvalue weighted by atomic mass is 10.0. The van der Waals surface area contributed by atoms with Crippen LogP contribution >= 0.6 is 27.5 Å². The standard InChI is InChI=1S/C15H22BrClN2/c1-2-7-19(10-11-3-4-11)15(9-18)12-5-6-13(16)14(17)8-12/h5-6,8,11,15H,2-4,7,9-10,18H2,1H3. The molecule has 2 N–H and O–H groups in total. The number of nitrogens with two attached hydrogens (primary N) is 1. The van der Waals surface area contributed by atoms with Crippen LogP contribution in [0.2, 0.25) is 5.02 Å². The fourth-order valence-electron chi connectivity index (χ4n) is 2.51. The zero-order valence-corrected chi connectivity index (χ0v) is 13.8. The van der Waals surface area contributed by atoms with Gasteiger partial charge in [0.1, 0.15) is 0 Å². The second kappa shape index (κ2) is 7.07. The summed E-state index contributed by atoms with van der Waals surface area (Å²) >= 11 is 9.65. The van der Waals surface area contributed by atoms with Gasteiger partial charge in [-0.2, -0.15) is 0 Å². The molecule has 0 aromatic heterocycles. The van der Waals surface area contributed by atoms with Crippen molar-refractivity contribution in [1.29, 1.82) is 0 Å². The Morgan fingerprint density at radius 2 is 2.21 bits per heavy atom. The van der Waals surface area contributed by atoms with Crippen molar-refractivity contribution in [2.75, 3.05) is 19.6 Å². The molecule has 0 saturated heterocycles. The molecule has 0 bridgehead atoms. The van der Waals surface area contributed by atoms with Crippen LogP contribution in [0.4, 0.5) is 0 Å². The summed E-state index contributed by atoms with van der Waals surface area (Å²) in [4.78, 5) is 2.53. The van der Waals surface area contributed by atoms with Gasteiger partial charge in [-0.3, -0.25) is 4.90 Å². The Kier molecular flexibility index (Phi) is 5.70. The van der Waals surface area contributed by atoms with E-state index in [1.165, 1.54) is 24.9 Å². The van der Waals surface area contributed by atoms with Crippen molar-refractivity contribution in [3.63, 3.8) is 0 Å². The van der Waals surface area contributed by atoms with E-state index in [2.05, 4.69) is 33.8 Å². The van der Waals surface area contributed by atoms with E-state index in [0.29, 0.717) is 6.54 Å². The van der Waals surface area contributed by atoms with Crippen LogP contribution < -0.4 is 5.73 Å². The first-order chi connectivity index (χ1) is 9.15. The van der Waals surface area contributed by atoms with Gasteiger partial charge in [-0.1, -0.05) is 24.6 Å². The van der Waals surface area contributed by atoms with Gasteiger partial charge in [-0.25, -0.2) is 0 Å². The molecule has 0 aliphatic heterocycles. The Hall–Kier alpha value is -0.0900. The first-order valence-electron chi connectivity index (χ1n) is 7.04. The van der Waals surface area contributed by atoms with Crippen LogP contribution in [0.5, 0.6) is 0 Å². The van der Waals surface area contributed by atoms with Crippen molar-refractivity contribution >= 4 is 27.5 Å². The van der Waals surface area contributed by atoms with Crippen LogP contribution in [-0.2, 0) is 0 Å². The predicted octanol–water partition coefficient (Wildman–Crippen LogP) is 4.22. The Balaban J connectivity index is 2.16. The maximum Gasteiger partial charge on any atom is 0.0551 e. The summed E-state index contributed by atoms with van der Waals surface area (Å²) < 4.78 is 0.943. The van der Waals surface area contributed by atoms with Gasteiger partial charge < -0.3 is 5.73 Å². The first-order valence-corrected chi connectivity index (χ1v) is 8.21. The second-order valence-corrected chi connectivity index (χ2v) is 6.62. The molecular weight excluding hydrogens is 324 g/mol. The molecule has 1 saturated carbocycles. The van der Waals surface area contributed by atoms with Gasteiger partial charge in [0.05, 0.1) is 5.02 Å². The van der Waals surface area contributed by atoms with Gasteiger partial charge >= 0.3 is 0 Å². The highest BCUT2D eigenvalue weighted by Gasteiger charge is 2.28. The third kappa shape index (κ3) is 4.19. The van der Waals surface area contributed by atoms with E-state index in [1.54, 1.807) is 0 Å². The monoisotopic (exact) mass is 344 g/mol. The molecule has 1 aliphatic carbocycles. The molecule has 2 rings (SSSR count). The van der Waals surface area contributed by atoms with Gasteiger partial charge in [0.25, 0.3) is 0 Å². The lowest BCUT2D eigenvalue weighted by Crippen LogP contribution is -2.36. The van der Waals surface area contributed by atoms with Gasteiger partial charge in [0, 0.05) is 23.6 Å². The smallest absolute Gasteiger partial charge is 0.0551 e. The molecule has 19 heavy (non-hydrogen) atoms. The van der Waals surface area contributed by atoms with Crippen LogP contribution in [0.15, 0.2) is 22.7 Å². The molecule has 106 valence electrons. The molecule has 1 aromatic rings. The van der Waals surface area contributed by atoms with Crippen LogP contribution in [0, 0.1) is 5.92 Å². The van der Waals surface area contributed by atoms with Gasteiger partial charge in [-0.15, -0.1) is 0 Å². The maximum atomic E-state index is 6.21. The third-order valence-electron chi connectivity index (χ3n) is 3.69. The lowest BCUT2D eigenvalue weighted by molar-refractivity contribution is 0.193. The highest BCUT2D eigenvalue weighted by molar-refractivity contribution is 9.10. The van der Waals surface area contributed by atoms with Gasteiger partial charge in [0.2, 0.25) is 0 Å². The predicted molar refractivity (Wildman–Crippen MR) is 85.5 cm³/mol. The van der Waals surface area contributed by atoms with Crippen molar-refractivity contribution in [3.8, 4) is 0 Å². The third-order valence-corrected chi connectivity index (χ3v) is 4.93. The fourth-order valence-corrected chi connectivity index (χ4v) is 2.94. The maximum absolute atomic E-state index is 6.21. The summed E-state index contributed by atoms with van der Waals surface area (Å²) in [7, 11) is 0. The molecule has 1 fully saturated rings. The Bertz CT molecular complexity index is 421. The Morgan fingerprint density at radius 3 is 2.74 bits per heavy atom. The van der Waals surface area contributed by atoms with E-state index in [4.69, 9.17) is 17.3 Å². The van der Waals surface area contributed by atoms with Crippen molar-refractivity contribution in [2.45, 2.75) is 32.2 Å². The molecule has 1 unspecified atom stereocenters. The summed E-state index contributed by atoms with van der Waals surface area (Å²) in [5, 5.41) is 0.763. The summed E-state index contributed by atoms with van der Waals surface area (Å²) in [5.41, 5.74) is 7.25. The van der Waals surface area contributed by atoms with E-state index in [9.17, 15) is 0 Å². The topological polar surface area (TPSA) is 29.3 Å². The number of halogens is 2. The molecule has 2 nitrogen and oxygen atoms in total. The molecule has 1 aromatic carbocycles. The highest BCUT2D eigenvalue weighted by Crippen LogP contribution is 2.34. The summed E-state index contributed by atoms with van der Waals surface area (Å²) in [6.45, 7) is 5.14. The minimum Gasteiger partial charge on any atom is -0.329 e. The van der Waals surface area contributed by atoms with Gasteiger partial charge in [0.15, 0.2) is 0 Å². The van der Waals surface area contributed by atoms with Gasteiger partial charge in [-0.05, 0) is 65.4 Å². The minimum absolute atomic E-state index is 0.283. The van der Waals surface area contributed by atoms with E-state index in [0.717, 1.165) is 28.4 Å². The zero-order valence-electron chi connectivity index (χ0n) is 11.4. The first kappa shape index (κ1) is 15.3.